The first-order valence-electron chi connectivity index (χ1n) is 10.3. The number of nitrogens with zero attached hydrogens (tertiary/aromatic N) is 1. The Bertz CT molecular complexity index is 360. The van der Waals surface area contributed by atoms with E-state index in [1.807, 2.05) is 19.9 Å². The fourth-order valence-electron chi connectivity index (χ4n) is 3.72. The van der Waals surface area contributed by atoms with E-state index >= 15 is 0 Å². The lowest BCUT2D eigenvalue weighted by Gasteiger charge is -2.47. The van der Waals surface area contributed by atoms with Gasteiger partial charge in [-0.25, -0.2) is 0 Å². The predicted molar refractivity (Wildman–Crippen MR) is 103 cm³/mol. The molecule has 0 aliphatic heterocycles. The molecular weight excluding hydrogens is 314 g/mol. The summed E-state index contributed by atoms with van der Waals surface area (Å²) in [6.45, 7) is 10.5. The molecule has 0 fully saturated rings. The van der Waals surface area contributed by atoms with Gasteiger partial charge in [0.1, 0.15) is 18.7 Å². The van der Waals surface area contributed by atoms with Crippen LogP contribution < -0.4 is 5.11 Å². The SMILES string of the molecule is C/C=C/CCCC(O)C[N+](CCCC)(CCCC)C(CCC)C(=O)[O-]. The lowest BCUT2D eigenvalue weighted by Crippen LogP contribution is -2.64. The zero-order valence-corrected chi connectivity index (χ0v) is 17.0. The molecule has 4 heteroatoms. The van der Waals surface area contributed by atoms with E-state index < -0.39 is 18.1 Å². The van der Waals surface area contributed by atoms with Gasteiger partial charge in [0.2, 0.25) is 0 Å². The minimum Gasteiger partial charge on any atom is -0.544 e. The van der Waals surface area contributed by atoms with Gasteiger partial charge in [-0.05, 0) is 39.0 Å². The molecule has 0 radical (unpaired) electrons. The van der Waals surface area contributed by atoms with Crippen LogP contribution in [-0.4, -0.2) is 47.3 Å². The molecule has 148 valence electrons. The molecule has 0 aromatic carbocycles. The molecule has 2 atom stereocenters. The molecule has 0 heterocycles. The van der Waals surface area contributed by atoms with E-state index in [1.165, 1.54) is 0 Å². The first kappa shape index (κ1) is 24.1. The topological polar surface area (TPSA) is 60.4 Å². The van der Waals surface area contributed by atoms with Crippen molar-refractivity contribution in [3.05, 3.63) is 12.2 Å². The first-order chi connectivity index (χ1) is 12.0. The van der Waals surface area contributed by atoms with Crippen molar-refractivity contribution in [3.63, 3.8) is 0 Å². The van der Waals surface area contributed by atoms with Gasteiger partial charge in [0.25, 0.3) is 0 Å². The van der Waals surface area contributed by atoms with Crippen LogP contribution in [0.15, 0.2) is 12.2 Å². The van der Waals surface area contributed by atoms with Crippen molar-refractivity contribution in [2.45, 2.75) is 97.6 Å². The summed E-state index contributed by atoms with van der Waals surface area (Å²) in [5.41, 5.74) is 0. The normalized spacial score (nSPS) is 14.8. The minimum atomic E-state index is -0.949. The maximum absolute atomic E-state index is 11.9. The van der Waals surface area contributed by atoms with E-state index in [1.54, 1.807) is 0 Å². The first-order valence-corrected chi connectivity index (χ1v) is 10.3. The average molecular weight is 356 g/mol. The molecule has 0 aliphatic carbocycles. The Balaban J connectivity index is 5.29. The number of carbonyl (C=O) groups is 1. The van der Waals surface area contributed by atoms with E-state index in [0.29, 0.717) is 17.4 Å². The van der Waals surface area contributed by atoms with Gasteiger partial charge in [-0.1, -0.05) is 52.2 Å². The number of aliphatic hydroxyl groups excluding tert-OH is 1. The highest BCUT2D eigenvalue weighted by Gasteiger charge is 2.38. The van der Waals surface area contributed by atoms with E-state index in [-0.39, 0.29) is 0 Å². The van der Waals surface area contributed by atoms with Gasteiger partial charge >= 0.3 is 0 Å². The molecule has 0 spiro atoms. The molecule has 0 amide bonds. The fourth-order valence-corrected chi connectivity index (χ4v) is 3.72. The van der Waals surface area contributed by atoms with Crippen LogP contribution in [0.1, 0.15) is 85.5 Å². The standard InChI is InChI=1S/C21H41NO3/c1-5-9-12-13-15-19(23)18-22(16-10-6-2,17-11-7-3)20(14-8-4)21(24)25/h5,9,19-20,23H,6-8,10-18H2,1-4H3/b9-5+. The molecule has 0 aliphatic rings. The lowest BCUT2D eigenvalue weighted by atomic mass is 10.0. The van der Waals surface area contributed by atoms with Crippen LogP contribution in [-0.2, 0) is 4.79 Å². The number of carbonyl (C=O) groups excluding carboxylic acids is 1. The van der Waals surface area contributed by atoms with Gasteiger partial charge in [-0.15, -0.1) is 0 Å². The Kier molecular flexibility index (Phi) is 13.8. The number of rotatable bonds is 16. The van der Waals surface area contributed by atoms with E-state index in [0.717, 1.165) is 64.5 Å². The zero-order valence-electron chi connectivity index (χ0n) is 17.0. The smallest absolute Gasteiger partial charge is 0.129 e. The number of quaternary nitrogens is 1. The molecule has 0 aromatic rings. The summed E-state index contributed by atoms with van der Waals surface area (Å²) in [5.74, 6) is -0.949. The molecule has 0 bridgehead atoms. The van der Waals surface area contributed by atoms with Gasteiger partial charge in [0.05, 0.1) is 19.1 Å². The van der Waals surface area contributed by atoms with E-state index in [4.69, 9.17) is 0 Å². The number of carboxylic acid groups (broad SMARTS) is 1. The Morgan fingerprint density at radius 2 is 1.64 bits per heavy atom. The summed E-state index contributed by atoms with van der Waals surface area (Å²) in [5, 5.41) is 22.6. The minimum absolute atomic E-state index is 0.447. The number of hydrogen-bond donors (Lipinski definition) is 1. The number of carboxylic acids is 1. The largest absolute Gasteiger partial charge is 0.544 e. The van der Waals surface area contributed by atoms with E-state index in [9.17, 15) is 15.0 Å². The van der Waals surface area contributed by atoms with Crippen LogP contribution in [0, 0.1) is 0 Å². The average Bonchev–Trinajstić information content (AvgIpc) is 2.59. The highest BCUT2D eigenvalue weighted by Crippen LogP contribution is 2.24. The van der Waals surface area contributed by atoms with Crippen LogP contribution in [0.25, 0.3) is 0 Å². The quantitative estimate of drug-likeness (QED) is 0.262. The second kappa shape index (κ2) is 14.3. The van der Waals surface area contributed by atoms with Crippen molar-refractivity contribution < 1.29 is 19.5 Å². The second-order valence-electron chi connectivity index (χ2n) is 7.33. The van der Waals surface area contributed by atoms with Gasteiger partial charge in [-0.2, -0.15) is 0 Å². The molecule has 2 unspecified atom stereocenters. The maximum atomic E-state index is 11.9. The van der Waals surface area contributed by atoms with E-state index in [2.05, 4.69) is 19.9 Å². The van der Waals surface area contributed by atoms with Crippen molar-refractivity contribution in [1.29, 1.82) is 0 Å². The molecule has 1 N–H and O–H groups in total. The van der Waals surface area contributed by atoms with Crippen LogP contribution in [0.2, 0.25) is 0 Å². The summed E-state index contributed by atoms with van der Waals surface area (Å²) in [6.07, 6.45) is 11.8. The number of allylic oxidation sites excluding steroid dienone is 2. The van der Waals surface area contributed by atoms with Crippen molar-refractivity contribution in [2.24, 2.45) is 0 Å². The van der Waals surface area contributed by atoms with Crippen molar-refractivity contribution in [3.8, 4) is 0 Å². The molecule has 0 aromatic heterocycles. The number of aliphatic carboxylic acids is 1. The third-order valence-electron chi connectivity index (χ3n) is 5.13. The van der Waals surface area contributed by atoms with Gasteiger partial charge in [0.15, 0.2) is 0 Å². The molecule has 4 nitrogen and oxygen atoms in total. The highest BCUT2D eigenvalue weighted by molar-refractivity contribution is 5.69. The summed E-state index contributed by atoms with van der Waals surface area (Å²) in [6, 6.07) is -0.506. The third kappa shape index (κ3) is 9.41. The fraction of sp³-hybridized carbons (Fsp3) is 0.857. The second-order valence-corrected chi connectivity index (χ2v) is 7.33. The molecular formula is C21H41NO3. The summed E-state index contributed by atoms with van der Waals surface area (Å²) in [7, 11) is 0. The van der Waals surface area contributed by atoms with Crippen LogP contribution >= 0.6 is 0 Å². The maximum Gasteiger partial charge on any atom is 0.129 e. The van der Waals surface area contributed by atoms with Gasteiger partial charge < -0.3 is 19.5 Å². The molecule has 0 saturated heterocycles. The Morgan fingerprint density at radius 1 is 1.04 bits per heavy atom. The number of hydrogen-bond acceptors (Lipinski definition) is 3. The number of unbranched alkanes of at least 4 members (excludes halogenated alkanes) is 3. The molecule has 0 rings (SSSR count). The van der Waals surface area contributed by atoms with Crippen LogP contribution in [0.4, 0.5) is 0 Å². The van der Waals surface area contributed by atoms with Gasteiger partial charge in [0, 0.05) is 6.42 Å². The zero-order chi connectivity index (χ0) is 19.1. The van der Waals surface area contributed by atoms with Crippen molar-refractivity contribution in [2.75, 3.05) is 19.6 Å². The number of aliphatic hydroxyl groups is 1. The Hall–Kier alpha value is -0.870. The summed E-state index contributed by atoms with van der Waals surface area (Å²) >= 11 is 0. The van der Waals surface area contributed by atoms with Crippen LogP contribution in [0.5, 0.6) is 0 Å². The predicted octanol–water partition coefficient (Wildman–Crippen LogP) is 3.43. The summed E-state index contributed by atoms with van der Waals surface area (Å²) in [4.78, 5) is 11.9. The summed E-state index contributed by atoms with van der Waals surface area (Å²) < 4.78 is 0.489. The highest BCUT2D eigenvalue weighted by atomic mass is 16.4. The van der Waals surface area contributed by atoms with Crippen molar-refractivity contribution in [1.82, 2.24) is 0 Å². The van der Waals surface area contributed by atoms with Crippen LogP contribution in [0.3, 0.4) is 0 Å². The third-order valence-corrected chi connectivity index (χ3v) is 5.13. The molecule has 0 saturated carbocycles. The lowest BCUT2D eigenvalue weighted by molar-refractivity contribution is -0.948. The van der Waals surface area contributed by atoms with Crippen molar-refractivity contribution >= 4 is 5.97 Å². The van der Waals surface area contributed by atoms with Gasteiger partial charge in [-0.3, -0.25) is 0 Å². The Morgan fingerprint density at radius 3 is 2.08 bits per heavy atom. The monoisotopic (exact) mass is 355 g/mol. The Labute approximate surface area is 155 Å². The molecule has 25 heavy (non-hydrogen) atoms.